The van der Waals surface area contributed by atoms with Gasteiger partial charge in [-0.3, -0.25) is 14.1 Å². The first-order valence-corrected chi connectivity index (χ1v) is 7.29. The van der Waals surface area contributed by atoms with E-state index in [-0.39, 0.29) is 0 Å². The summed E-state index contributed by atoms with van der Waals surface area (Å²) in [4.78, 5) is 0. The molecule has 0 amide bonds. The topological polar surface area (TPSA) is 47.6 Å². The summed E-state index contributed by atoms with van der Waals surface area (Å²) < 4.78 is 22.7. The molecule has 0 aromatic heterocycles. The zero-order valence-corrected chi connectivity index (χ0v) is 11.7. The summed E-state index contributed by atoms with van der Waals surface area (Å²) in [6.07, 6.45) is 0. The first-order chi connectivity index (χ1) is 8.00. The van der Waals surface area contributed by atoms with E-state index < -0.39 is 7.75 Å². The molecule has 96 valence electrons. The maximum atomic E-state index is 12.3. The number of nitrogens with one attached hydrogen (secondary N) is 1. The normalized spacial score (nSPS) is 11.5. The van der Waals surface area contributed by atoms with Gasteiger partial charge in [0.15, 0.2) is 0 Å². The standard InChI is InChI=1S/C12H20NO3P/c1-5-15-17(14,16-6-2)13-12-9-10(3)7-8-11(12)4/h7-9H,5-6H2,1-4H3,(H,13,14). The second-order valence-corrected chi connectivity index (χ2v) is 5.50. The second kappa shape index (κ2) is 6.20. The first-order valence-electron chi connectivity index (χ1n) is 5.75. The van der Waals surface area contributed by atoms with Gasteiger partial charge in [-0.1, -0.05) is 12.1 Å². The highest BCUT2D eigenvalue weighted by Crippen LogP contribution is 2.48. The van der Waals surface area contributed by atoms with Crippen molar-refractivity contribution in [2.45, 2.75) is 27.7 Å². The van der Waals surface area contributed by atoms with Crippen LogP contribution in [0.5, 0.6) is 0 Å². The van der Waals surface area contributed by atoms with Gasteiger partial charge in [0.1, 0.15) is 0 Å². The van der Waals surface area contributed by atoms with E-state index in [1.54, 1.807) is 13.8 Å². The molecular formula is C12H20NO3P. The summed E-state index contributed by atoms with van der Waals surface area (Å²) in [5, 5.41) is 2.88. The van der Waals surface area contributed by atoms with Crippen LogP contribution in [0.1, 0.15) is 25.0 Å². The van der Waals surface area contributed by atoms with Crippen LogP contribution in [-0.4, -0.2) is 13.2 Å². The number of rotatable bonds is 6. The van der Waals surface area contributed by atoms with E-state index in [9.17, 15) is 4.57 Å². The molecule has 0 saturated carbocycles. The van der Waals surface area contributed by atoms with E-state index in [2.05, 4.69) is 5.09 Å². The molecular weight excluding hydrogens is 237 g/mol. The molecule has 0 atom stereocenters. The van der Waals surface area contributed by atoms with Gasteiger partial charge < -0.3 is 0 Å². The summed E-state index contributed by atoms with van der Waals surface area (Å²) in [5.74, 6) is 0. The van der Waals surface area contributed by atoms with Crippen LogP contribution in [0, 0.1) is 13.8 Å². The van der Waals surface area contributed by atoms with Crippen molar-refractivity contribution in [1.29, 1.82) is 0 Å². The molecule has 4 nitrogen and oxygen atoms in total. The van der Waals surface area contributed by atoms with Crippen molar-refractivity contribution in [2.24, 2.45) is 0 Å². The van der Waals surface area contributed by atoms with Gasteiger partial charge in [0, 0.05) is 5.69 Å². The highest BCUT2D eigenvalue weighted by molar-refractivity contribution is 7.55. The molecule has 1 aromatic rings. The smallest absolute Gasteiger partial charge is 0.293 e. The lowest BCUT2D eigenvalue weighted by atomic mass is 10.1. The molecule has 0 saturated heterocycles. The van der Waals surface area contributed by atoms with Crippen LogP contribution in [0.3, 0.4) is 0 Å². The Labute approximate surface area is 103 Å². The molecule has 0 spiro atoms. The molecule has 0 unspecified atom stereocenters. The Hall–Kier alpha value is -0.830. The number of hydrogen-bond donors (Lipinski definition) is 1. The van der Waals surface area contributed by atoms with Crippen LogP contribution in [0.4, 0.5) is 5.69 Å². The molecule has 1 N–H and O–H groups in total. The van der Waals surface area contributed by atoms with Gasteiger partial charge in [-0.15, -0.1) is 0 Å². The van der Waals surface area contributed by atoms with Crippen molar-refractivity contribution in [2.75, 3.05) is 18.3 Å². The number of benzene rings is 1. The van der Waals surface area contributed by atoms with E-state index in [0.29, 0.717) is 13.2 Å². The van der Waals surface area contributed by atoms with Gasteiger partial charge in [-0.2, -0.15) is 0 Å². The van der Waals surface area contributed by atoms with E-state index in [4.69, 9.17) is 9.05 Å². The zero-order chi connectivity index (χ0) is 12.9. The van der Waals surface area contributed by atoms with Crippen LogP contribution in [-0.2, 0) is 13.6 Å². The molecule has 0 aliphatic rings. The first kappa shape index (κ1) is 14.2. The van der Waals surface area contributed by atoms with Crippen LogP contribution < -0.4 is 5.09 Å². The SMILES string of the molecule is CCOP(=O)(Nc1cc(C)ccc1C)OCC. The number of aryl methyl sites for hydroxylation is 2. The summed E-state index contributed by atoms with van der Waals surface area (Å²) >= 11 is 0. The van der Waals surface area contributed by atoms with E-state index >= 15 is 0 Å². The summed E-state index contributed by atoms with van der Waals surface area (Å²) in [6.45, 7) is 8.19. The van der Waals surface area contributed by atoms with Gasteiger partial charge in [-0.05, 0) is 44.9 Å². The van der Waals surface area contributed by atoms with Crippen LogP contribution in [0.25, 0.3) is 0 Å². The third-order valence-electron chi connectivity index (χ3n) is 2.25. The van der Waals surface area contributed by atoms with Crippen LogP contribution >= 0.6 is 7.75 Å². The minimum Gasteiger partial charge on any atom is -0.293 e. The predicted molar refractivity (Wildman–Crippen MR) is 70.4 cm³/mol. The summed E-state index contributed by atoms with van der Waals surface area (Å²) in [5.41, 5.74) is 2.89. The maximum absolute atomic E-state index is 12.3. The molecule has 0 radical (unpaired) electrons. The van der Waals surface area contributed by atoms with E-state index in [0.717, 1.165) is 16.8 Å². The highest BCUT2D eigenvalue weighted by atomic mass is 31.2. The third kappa shape index (κ3) is 4.15. The number of anilines is 1. The van der Waals surface area contributed by atoms with Crippen LogP contribution in [0.2, 0.25) is 0 Å². The summed E-state index contributed by atoms with van der Waals surface area (Å²) in [6, 6.07) is 5.91. The Bertz CT molecular complexity index is 410. The van der Waals surface area contributed by atoms with Crippen molar-refractivity contribution in [3.63, 3.8) is 0 Å². The van der Waals surface area contributed by atoms with Gasteiger partial charge in [0.2, 0.25) is 0 Å². The fraction of sp³-hybridized carbons (Fsp3) is 0.500. The molecule has 0 fully saturated rings. The molecule has 1 aromatic carbocycles. The Balaban J connectivity index is 2.93. The van der Waals surface area contributed by atoms with E-state index in [1.165, 1.54) is 0 Å². The third-order valence-corrected chi connectivity index (χ3v) is 3.96. The highest BCUT2D eigenvalue weighted by Gasteiger charge is 2.24. The molecule has 0 heterocycles. The quantitative estimate of drug-likeness (QED) is 0.785. The minimum absolute atomic E-state index is 0.342. The zero-order valence-electron chi connectivity index (χ0n) is 10.8. The van der Waals surface area contributed by atoms with Crippen molar-refractivity contribution >= 4 is 13.4 Å². The molecule has 0 aliphatic heterocycles. The Kier molecular flexibility index (Phi) is 5.19. The predicted octanol–water partition coefficient (Wildman–Crippen LogP) is 3.90. The lowest BCUT2D eigenvalue weighted by Crippen LogP contribution is -2.06. The van der Waals surface area contributed by atoms with Gasteiger partial charge in [0.05, 0.1) is 13.2 Å². The number of hydrogen-bond acceptors (Lipinski definition) is 3. The lowest BCUT2D eigenvalue weighted by molar-refractivity contribution is 0.225. The Morgan fingerprint density at radius 3 is 2.29 bits per heavy atom. The summed E-state index contributed by atoms with van der Waals surface area (Å²) in [7, 11) is -3.24. The Morgan fingerprint density at radius 2 is 1.76 bits per heavy atom. The van der Waals surface area contributed by atoms with E-state index in [1.807, 2.05) is 32.0 Å². The fourth-order valence-electron chi connectivity index (χ4n) is 1.45. The average Bonchev–Trinajstić information content (AvgIpc) is 2.24. The molecule has 0 aliphatic carbocycles. The van der Waals surface area contributed by atoms with Crippen LogP contribution in [0.15, 0.2) is 18.2 Å². The second-order valence-electron chi connectivity index (χ2n) is 3.76. The Morgan fingerprint density at radius 1 is 1.18 bits per heavy atom. The monoisotopic (exact) mass is 257 g/mol. The van der Waals surface area contributed by atoms with Gasteiger partial charge >= 0.3 is 7.75 Å². The van der Waals surface area contributed by atoms with Crippen molar-refractivity contribution in [3.05, 3.63) is 29.3 Å². The average molecular weight is 257 g/mol. The fourth-order valence-corrected chi connectivity index (χ4v) is 2.86. The molecule has 17 heavy (non-hydrogen) atoms. The molecule has 1 rings (SSSR count). The van der Waals surface area contributed by atoms with Crippen molar-refractivity contribution < 1.29 is 13.6 Å². The van der Waals surface area contributed by atoms with Crippen molar-refractivity contribution in [1.82, 2.24) is 0 Å². The minimum atomic E-state index is -3.24. The molecule has 0 bridgehead atoms. The largest absolute Gasteiger partial charge is 0.432 e. The van der Waals surface area contributed by atoms with Gasteiger partial charge in [-0.25, -0.2) is 4.57 Å². The van der Waals surface area contributed by atoms with Gasteiger partial charge in [0.25, 0.3) is 0 Å². The van der Waals surface area contributed by atoms with Crippen molar-refractivity contribution in [3.8, 4) is 0 Å². The molecule has 5 heteroatoms. The maximum Gasteiger partial charge on any atom is 0.432 e. The lowest BCUT2D eigenvalue weighted by Gasteiger charge is -2.20.